The molecule has 1 aliphatic rings. The molecule has 38 heavy (non-hydrogen) atoms. The number of thioether (sulfide) groups is 1. The lowest BCUT2D eigenvalue weighted by Gasteiger charge is -2.31. The van der Waals surface area contributed by atoms with Gasteiger partial charge in [0.25, 0.3) is 16.9 Å². The number of fused-ring (bicyclic) bond motifs is 2. The van der Waals surface area contributed by atoms with Crippen molar-refractivity contribution in [3.05, 3.63) is 95.9 Å². The fourth-order valence-corrected chi connectivity index (χ4v) is 4.97. The van der Waals surface area contributed by atoms with Crippen molar-refractivity contribution in [2.75, 3.05) is 19.3 Å². The Morgan fingerprint density at radius 3 is 2.21 bits per heavy atom. The molecule has 1 aliphatic heterocycles. The Morgan fingerprint density at radius 1 is 1.00 bits per heavy atom. The van der Waals surface area contributed by atoms with Crippen molar-refractivity contribution in [2.24, 2.45) is 0 Å². The average molecular weight is 531 g/mol. The molecule has 0 spiro atoms. The summed E-state index contributed by atoms with van der Waals surface area (Å²) >= 11 is 1.29. The zero-order valence-corrected chi connectivity index (χ0v) is 21.3. The van der Waals surface area contributed by atoms with Crippen LogP contribution in [0, 0.1) is 20.2 Å². The Morgan fingerprint density at radius 2 is 1.63 bits per heavy atom. The number of hydrogen-bond acceptors (Lipinski definition) is 9. The fourth-order valence-electron chi connectivity index (χ4n) is 4.60. The first kappa shape index (κ1) is 25.2. The van der Waals surface area contributed by atoms with E-state index >= 15 is 0 Å². The highest BCUT2D eigenvalue weighted by Crippen LogP contribution is 2.38. The van der Waals surface area contributed by atoms with Crippen LogP contribution in [0.25, 0.3) is 33.8 Å². The SMILES string of the molecule is CCN1C/C(=C\c2ccc([N+](=O)[O-])cc2)c2nc3nc(SC)[nH]c(=O)c3c(-c3ccc([N+](=O)[O-])cc3)c2C1. The Bertz CT molecular complexity index is 1670. The highest BCUT2D eigenvalue weighted by Gasteiger charge is 2.28. The van der Waals surface area contributed by atoms with E-state index in [4.69, 9.17) is 4.98 Å². The van der Waals surface area contributed by atoms with E-state index in [0.29, 0.717) is 40.5 Å². The summed E-state index contributed by atoms with van der Waals surface area (Å²) < 4.78 is 0. The van der Waals surface area contributed by atoms with Crippen LogP contribution in [0.15, 0.2) is 58.5 Å². The molecule has 2 aromatic carbocycles. The minimum Gasteiger partial charge on any atom is -0.301 e. The largest absolute Gasteiger partial charge is 0.301 e. The standard InChI is InChI=1S/C26H22N6O5S/c1-3-30-13-17(12-15-4-8-18(9-5-15)31(34)35)23-20(14-30)21(16-6-10-19(11-7-16)32(36)37)22-24(27-23)28-26(38-2)29-25(22)33/h4-12H,3,13-14H2,1-2H3,(H,27,28,29,33)/b17-12+. The van der Waals surface area contributed by atoms with Crippen molar-refractivity contribution in [3.8, 4) is 11.1 Å². The lowest BCUT2D eigenvalue weighted by Crippen LogP contribution is -2.31. The number of nitrogens with one attached hydrogen (secondary N) is 1. The Labute approximate surface area is 220 Å². The van der Waals surface area contributed by atoms with Gasteiger partial charge in [0.05, 0.1) is 20.9 Å². The van der Waals surface area contributed by atoms with Crippen LogP contribution in [0.1, 0.15) is 23.7 Å². The highest BCUT2D eigenvalue weighted by molar-refractivity contribution is 7.98. The van der Waals surface area contributed by atoms with Gasteiger partial charge >= 0.3 is 0 Å². The number of nitrogens with zero attached hydrogens (tertiary/aromatic N) is 5. The maximum absolute atomic E-state index is 13.3. The maximum atomic E-state index is 13.3. The smallest absolute Gasteiger partial charge is 0.269 e. The molecule has 5 rings (SSSR count). The summed E-state index contributed by atoms with van der Waals surface area (Å²) in [6.45, 7) is 3.86. The number of nitro groups is 2. The van der Waals surface area contributed by atoms with Crippen molar-refractivity contribution in [1.29, 1.82) is 0 Å². The van der Waals surface area contributed by atoms with Crippen LogP contribution in [0.3, 0.4) is 0 Å². The van der Waals surface area contributed by atoms with E-state index in [2.05, 4.69) is 14.9 Å². The summed E-state index contributed by atoms with van der Waals surface area (Å²) in [4.78, 5) is 49.1. The monoisotopic (exact) mass is 530 g/mol. The van der Waals surface area contributed by atoms with Gasteiger partial charge in [0.1, 0.15) is 0 Å². The third-order valence-electron chi connectivity index (χ3n) is 6.47. The second-order valence-corrected chi connectivity index (χ2v) is 9.51. The molecule has 0 amide bonds. The number of H-pyrrole nitrogens is 1. The predicted octanol–water partition coefficient (Wildman–Crippen LogP) is 4.90. The number of pyridine rings is 1. The zero-order valence-electron chi connectivity index (χ0n) is 20.5. The molecule has 0 aliphatic carbocycles. The first-order chi connectivity index (χ1) is 18.3. The van der Waals surface area contributed by atoms with E-state index in [1.807, 2.05) is 13.0 Å². The van der Waals surface area contributed by atoms with Gasteiger partial charge in [-0.2, -0.15) is 0 Å². The molecule has 12 heteroatoms. The van der Waals surface area contributed by atoms with Gasteiger partial charge in [-0.3, -0.25) is 29.9 Å². The van der Waals surface area contributed by atoms with Crippen molar-refractivity contribution in [2.45, 2.75) is 18.6 Å². The minimum atomic E-state index is -0.465. The summed E-state index contributed by atoms with van der Waals surface area (Å²) in [5.41, 5.74) is 4.33. The Hall–Kier alpha value is -4.42. The highest BCUT2D eigenvalue weighted by atomic mass is 32.2. The summed E-state index contributed by atoms with van der Waals surface area (Å²) in [5, 5.41) is 23.1. The first-order valence-electron chi connectivity index (χ1n) is 11.7. The van der Waals surface area contributed by atoms with Crippen molar-refractivity contribution >= 4 is 45.8 Å². The molecule has 4 aromatic rings. The Kier molecular flexibility index (Phi) is 6.74. The summed E-state index contributed by atoms with van der Waals surface area (Å²) in [5.74, 6) is 0. The van der Waals surface area contributed by atoms with Gasteiger partial charge in [-0.05, 0) is 59.8 Å². The quantitative estimate of drug-likeness (QED) is 0.159. The van der Waals surface area contributed by atoms with Crippen LogP contribution in [0.2, 0.25) is 0 Å². The number of hydrogen-bond donors (Lipinski definition) is 1. The molecule has 192 valence electrons. The molecule has 0 atom stereocenters. The van der Waals surface area contributed by atoms with Gasteiger partial charge < -0.3 is 4.98 Å². The van der Waals surface area contributed by atoms with E-state index < -0.39 is 9.85 Å². The average Bonchev–Trinajstić information content (AvgIpc) is 2.92. The van der Waals surface area contributed by atoms with Gasteiger partial charge in [0.15, 0.2) is 10.8 Å². The Balaban J connectivity index is 1.79. The number of aromatic amines is 1. The molecule has 11 nitrogen and oxygen atoms in total. The summed E-state index contributed by atoms with van der Waals surface area (Å²) in [6, 6.07) is 12.4. The topological polar surface area (TPSA) is 148 Å². The third kappa shape index (κ3) is 4.66. The predicted molar refractivity (Wildman–Crippen MR) is 146 cm³/mol. The molecule has 0 fully saturated rings. The molecule has 0 bridgehead atoms. The lowest BCUT2D eigenvalue weighted by atomic mass is 9.89. The lowest BCUT2D eigenvalue weighted by molar-refractivity contribution is -0.385. The van der Waals surface area contributed by atoms with Crippen LogP contribution in [-0.2, 0) is 6.54 Å². The van der Waals surface area contributed by atoms with Gasteiger partial charge in [0.2, 0.25) is 0 Å². The van der Waals surface area contributed by atoms with Gasteiger partial charge in [-0.1, -0.05) is 18.7 Å². The van der Waals surface area contributed by atoms with E-state index in [-0.39, 0.29) is 22.6 Å². The number of likely N-dealkylation sites (N-methyl/N-ethyl adjacent to an activating group) is 1. The number of rotatable bonds is 6. The van der Waals surface area contributed by atoms with Crippen LogP contribution >= 0.6 is 11.8 Å². The molecule has 0 radical (unpaired) electrons. The van der Waals surface area contributed by atoms with Gasteiger partial charge in [-0.15, -0.1) is 0 Å². The molecule has 0 unspecified atom stereocenters. The van der Waals surface area contributed by atoms with Crippen LogP contribution in [-0.4, -0.2) is 49.0 Å². The number of benzene rings is 2. The van der Waals surface area contributed by atoms with Crippen molar-refractivity contribution in [3.63, 3.8) is 0 Å². The molecule has 2 aromatic heterocycles. The minimum absolute atomic E-state index is 0.00368. The number of nitro benzene ring substituents is 2. The van der Waals surface area contributed by atoms with Crippen molar-refractivity contribution in [1.82, 2.24) is 19.9 Å². The second-order valence-electron chi connectivity index (χ2n) is 8.71. The second kappa shape index (κ2) is 10.1. The molecular formula is C26H22N6O5S. The molecular weight excluding hydrogens is 508 g/mol. The summed E-state index contributed by atoms with van der Waals surface area (Å²) in [7, 11) is 0. The maximum Gasteiger partial charge on any atom is 0.269 e. The molecule has 3 heterocycles. The zero-order chi connectivity index (χ0) is 27.0. The van der Waals surface area contributed by atoms with Gasteiger partial charge in [0, 0.05) is 48.5 Å². The number of non-ortho nitro benzene ring substituents is 2. The molecule has 0 saturated carbocycles. The van der Waals surface area contributed by atoms with Crippen LogP contribution < -0.4 is 5.56 Å². The third-order valence-corrected chi connectivity index (χ3v) is 7.05. The van der Waals surface area contributed by atoms with E-state index in [9.17, 15) is 25.0 Å². The van der Waals surface area contributed by atoms with E-state index in [0.717, 1.165) is 23.2 Å². The van der Waals surface area contributed by atoms with Crippen molar-refractivity contribution < 1.29 is 9.85 Å². The number of aromatic nitrogens is 3. The normalized spacial score (nSPS) is 14.5. The van der Waals surface area contributed by atoms with E-state index in [1.165, 1.54) is 36.0 Å². The van der Waals surface area contributed by atoms with Crippen LogP contribution in [0.5, 0.6) is 0 Å². The van der Waals surface area contributed by atoms with Crippen LogP contribution in [0.4, 0.5) is 11.4 Å². The fraction of sp³-hybridized carbons (Fsp3) is 0.192. The molecule has 1 N–H and O–H groups in total. The molecule has 0 saturated heterocycles. The first-order valence-corrected chi connectivity index (χ1v) is 12.9. The summed E-state index contributed by atoms with van der Waals surface area (Å²) in [6.07, 6.45) is 3.74. The van der Waals surface area contributed by atoms with Gasteiger partial charge in [-0.25, -0.2) is 9.97 Å². The van der Waals surface area contributed by atoms with E-state index in [1.54, 1.807) is 30.5 Å².